The molecule has 0 aliphatic heterocycles. The maximum atomic E-state index is 11.9. The molecule has 0 unspecified atom stereocenters. The summed E-state index contributed by atoms with van der Waals surface area (Å²) >= 11 is 0. The Morgan fingerprint density at radius 2 is 0.792 bits per heavy atom. The summed E-state index contributed by atoms with van der Waals surface area (Å²) in [6, 6.07) is 8.26. The average molecular weight is 685 g/mol. The number of rotatable bonds is 36. The van der Waals surface area contributed by atoms with E-state index in [1.54, 1.807) is 30.3 Å². The van der Waals surface area contributed by atoms with Crippen LogP contribution in [0, 0.1) is 0 Å². The minimum absolute atomic E-state index is 0.00357. The molecule has 0 aliphatic rings. The lowest BCUT2D eigenvalue weighted by Crippen LogP contribution is -2.20. The van der Waals surface area contributed by atoms with Crippen LogP contribution in [0.15, 0.2) is 30.3 Å². The normalized spacial score (nSPS) is 11.1. The molecule has 276 valence electrons. The van der Waals surface area contributed by atoms with Crippen molar-refractivity contribution >= 4 is 17.7 Å². The van der Waals surface area contributed by atoms with Crippen LogP contribution in [0.2, 0.25) is 0 Å². The third-order valence-corrected chi connectivity index (χ3v) is 6.89. The lowest BCUT2D eigenvalue weighted by atomic mass is 10.1. The summed E-state index contributed by atoms with van der Waals surface area (Å²) < 4.78 is 48.1. The van der Waals surface area contributed by atoms with Crippen molar-refractivity contribution in [1.82, 2.24) is 0 Å². The van der Waals surface area contributed by atoms with Gasteiger partial charge in [-0.1, -0.05) is 88.6 Å². The first-order valence-corrected chi connectivity index (χ1v) is 17.6. The summed E-state index contributed by atoms with van der Waals surface area (Å²) in [7, 11) is 0. The van der Waals surface area contributed by atoms with Crippen molar-refractivity contribution in [3.63, 3.8) is 0 Å². The molecule has 0 aromatic heterocycles. The van der Waals surface area contributed by atoms with Gasteiger partial charge in [-0.05, 0) is 6.42 Å². The number of ether oxygens (including phenoxy) is 9. The summed E-state index contributed by atoms with van der Waals surface area (Å²) in [5.74, 6) is -1.72. The van der Waals surface area contributed by atoms with Crippen LogP contribution >= 0.6 is 0 Å². The molecule has 0 N–H and O–H groups in total. The number of ketones is 1. The zero-order valence-electron chi connectivity index (χ0n) is 29.2. The van der Waals surface area contributed by atoms with Crippen molar-refractivity contribution in [3.05, 3.63) is 35.9 Å². The van der Waals surface area contributed by atoms with Crippen molar-refractivity contribution in [1.29, 1.82) is 0 Å². The maximum absolute atomic E-state index is 11.9. The van der Waals surface area contributed by atoms with Gasteiger partial charge in [-0.25, -0.2) is 4.79 Å². The Labute approximate surface area is 287 Å². The van der Waals surface area contributed by atoms with Crippen LogP contribution in [0.3, 0.4) is 0 Å². The van der Waals surface area contributed by atoms with Gasteiger partial charge in [-0.3, -0.25) is 9.59 Å². The number of benzene rings is 1. The highest BCUT2D eigenvalue weighted by Crippen LogP contribution is 2.10. The molecule has 0 radical (unpaired) electrons. The van der Waals surface area contributed by atoms with Crippen molar-refractivity contribution in [2.45, 2.75) is 71.1 Å². The van der Waals surface area contributed by atoms with Crippen LogP contribution in [0.1, 0.15) is 81.5 Å². The van der Waals surface area contributed by atoms with Crippen LogP contribution in [-0.4, -0.2) is 123 Å². The van der Waals surface area contributed by atoms with Crippen molar-refractivity contribution in [3.8, 4) is 0 Å². The molecule has 0 saturated heterocycles. The molecule has 0 fully saturated rings. The van der Waals surface area contributed by atoms with Crippen LogP contribution in [-0.2, 0) is 52.2 Å². The van der Waals surface area contributed by atoms with E-state index in [0.29, 0.717) is 97.9 Å². The first kappa shape index (κ1) is 43.6. The Kier molecular flexibility index (Phi) is 31.2. The number of esters is 2. The van der Waals surface area contributed by atoms with Gasteiger partial charge in [0.1, 0.15) is 13.2 Å². The van der Waals surface area contributed by atoms with Gasteiger partial charge in [-0.15, -0.1) is 0 Å². The fourth-order valence-corrected chi connectivity index (χ4v) is 4.25. The first-order chi connectivity index (χ1) is 23.6. The molecule has 0 amide bonds. The molecule has 1 aromatic carbocycles. The van der Waals surface area contributed by atoms with E-state index in [4.69, 9.17) is 42.6 Å². The highest BCUT2D eigenvalue weighted by Gasteiger charge is 2.17. The SMILES string of the molecule is CCCCCCCCCCCC(=O)OCCOCCOCCOCCOCCOCCOCCOCCOC(=O)C(=O)c1ccccc1. The first-order valence-electron chi connectivity index (χ1n) is 17.6. The van der Waals surface area contributed by atoms with E-state index in [9.17, 15) is 14.4 Å². The van der Waals surface area contributed by atoms with Gasteiger partial charge in [0, 0.05) is 12.0 Å². The highest BCUT2D eigenvalue weighted by atomic mass is 16.6. The van der Waals surface area contributed by atoms with Crippen molar-refractivity contribution in [2.75, 3.05) is 106 Å². The van der Waals surface area contributed by atoms with Crippen molar-refractivity contribution < 1.29 is 57.0 Å². The largest absolute Gasteiger partial charge is 0.463 e. The second-order valence-electron chi connectivity index (χ2n) is 10.9. The number of hydrogen-bond donors (Lipinski definition) is 0. The van der Waals surface area contributed by atoms with E-state index >= 15 is 0 Å². The quantitative estimate of drug-likeness (QED) is 0.0408. The molecule has 0 saturated carbocycles. The Morgan fingerprint density at radius 1 is 0.438 bits per heavy atom. The molecular weight excluding hydrogens is 624 g/mol. The number of unbranched alkanes of at least 4 members (excludes halogenated alkanes) is 8. The minimum Gasteiger partial charge on any atom is -0.463 e. The molecule has 0 heterocycles. The highest BCUT2D eigenvalue weighted by molar-refractivity contribution is 6.40. The average Bonchev–Trinajstić information content (AvgIpc) is 3.10. The second-order valence-corrected chi connectivity index (χ2v) is 10.9. The van der Waals surface area contributed by atoms with Gasteiger partial charge in [0.2, 0.25) is 0 Å². The smallest absolute Gasteiger partial charge is 0.379 e. The third kappa shape index (κ3) is 28.6. The Morgan fingerprint density at radius 3 is 1.21 bits per heavy atom. The Balaban J connectivity index is 1.69. The summed E-state index contributed by atoms with van der Waals surface area (Å²) in [4.78, 5) is 35.4. The fourth-order valence-electron chi connectivity index (χ4n) is 4.25. The van der Waals surface area contributed by atoms with Crippen LogP contribution in [0.5, 0.6) is 0 Å². The molecule has 48 heavy (non-hydrogen) atoms. The summed E-state index contributed by atoms with van der Waals surface area (Å²) in [5.41, 5.74) is 0.295. The number of carbonyl (C=O) groups is 3. The van der Waals surface area contributed by atoms with Crippen LogP contribution < -0.4 is 0 Å². The van der Waals surface area contributed by atoms with E-state index in [2.05, 4.69) is 6.92 Å². The third-order valence-electron chi connectivity index (χ3n) is 6.89. The second kappa shape index (κ2) is 34.4. The van der Waals surface area contributed by atoms with Gasteiger partial charge < -0.3 is 42.6 Å². The number of Topliss-reactive ketones (excluding diaryl/α,β-unsaturated/α-hetero) is 1. The van der Waals surface area contributed by atoms with Crippen molar-refractivity contribution in [2.24, 2.45) is 0 Å². The van der Waals surface area contributed by atoms with E-state index in [1.165, 1.54) is 44.9 Å². The lowest BCUT2D eigenvalue weighted by molar-refractivity contribution is -0.145. The maximum Gasteiger partial charge on any atom is 0.379 e. The van der Waals surface area contributed by atoms with Gasteiger partial charge in [0.25, 0.3) is 5.78 Å². The van der Waals surface area contributed by atoms with Gasteiger partial charge in [0.05, 0.1) is 92.5 Å². The van der Waals surface area contributed by atoms with Gasteiger partial charge in [0.15, 0.2) is 0 Å². The van der Waals surface area contributed by atoms with E-state index in [1.807, 2.05) is 0 Å². The Bertz CT molecular complexity index is 883. The monoisotopic (exact) mass is 684 g/mol. The standard InChI is InChI=1S/C36H60O12/c1-2-3-4-5-6-7-8-9-13-16-34(37)47-31-29-45-27-25-43-23-21-41-19-17-40-18-20-42-22-24-44-26-28-46-30-32-48-36(39)35(38)33-14-11-10-12-15-33/h10-12,14-15H,2-9,13,16-32H2,1H3. The number of carbonyl (C=O) groups excluding carboxylic acids is 3. The number of hydrogen-bond acceptors (Lipinski definition) is 12. The molecule has 12 heteroatoms. The molecule has 0 atom stereocenters. The molecule has 12 nitrogen and oxygen atoms in total. The summed E-state index contributed by atoms with van der Waals surface area (Å²) in [5, 5.41) is 0. The predicted molar refractivity (Wildman–Crippen MR) is 180 cm³/mol. The van der Waals surface area contributed by atoms with Gasteiger partial charge >= 0.3 is 11.9 Å². The van der Waals surface area contributed by atoms with E-state index < -0.39 is 11.8 Å². The molecule has 1 rings (SSSR count). The zero-order valence-corrected chi connectivity index (χ0v) is 29.2. The Hall–Kier alpha value is -2.45. The molecule has 0 bridgehead atoms. The molecule has 0 spiro atoms. The lowest BCUT2D eigenvalue weighted by Gasteiger charge is -2.09. The summed E-state index contributed by atoms with van der Waals surface area (Å²) in [6.07, 6.45) is 11.5. The van der Waals surface area contributed by atoms with Crippen LogP contribution in [0.25, 0.3) is 0 Å². The zero-order chi connectivity index (χ0) is 34.6. The minimum atomic E-state index is -0.898. The molecule has 0 aliphatic carbocycles. The van der Waals surface area contributed by atoms with E-state index in [0.717, 1.165) is 12.8 Å². The van der Waals surface area contributed by atoms with Crippen LogP contribution in [0.4, 0.5) is 0 Å². The predicted octanol–water partition coefficient (Wildman–Crippen LogP) is 4.99. The van der Waals surface area contributed by atoms with E-state index in [-0.39, 0.29) is 25.8 Å². The fraction of sp³-hybridized carbons (Fsp3) is 0.750. The molecule has 1 aromatic rings. The van der Waals surface area contributed by atoms with Gasteiger partial charge in [-0.2, -0.15) is 0 Å². The summed E-state index contributed by atoms with van der Waals surface area (Å²) in [6.45, 7) is 8.30. The molecular formula is C36H60O12. The topological polar surface area (TPSA) is 134 Å².